The summed E-state index contributed by atoms with van der Waals surface area (Å²) in [6.45, 7) is 1.45. The van der Waals surface area contributed by atoms with E-state index in [1.807, 2.05) is 0 Å². The first-order valence-corrected chi connectivity index (χ1v) is 6.18. The van der Waals surface area contributed by atoms with E-state index < -0.39 is 0 Å². The molecule has 4 nitrogen and oxygen atoms in total. The lowest BCUT2D eigenvalue weighted by Gasteiger charge is -2.25. The Bertz CT molecular complexity index is 472. The SMILES string of the molecule is O=C1Nc2cc(F)ccc2C1NC1CCOCC1. The van der Waals surface area contributed by atoms with Crippen molar-refractivity contribution in [3.05, 3.63) is 29.6 Å². The van der Waals surface area contributed by atoms with E-state index in [9.17, 15) is 9.18 Å². The van der Waals surface area contributed by atoms with Crippen LogP contribution in [0.2, 0.25) is 0 Å². The Labute approximate surface area is 105 Å². The summed E-state index contributed by atoms with van der Waals surface area (Å²) in [6.07, 6.45) is 1.81. The summed E-state index contributed by atoms with van der Waals surface area (Å²) in [4.78, 5) is 11.9. The van der Waals surface area contributed by atoms with Gasteiger partial charge in [-0.2, -0.15) is 0 Å². The highest BCUT2D eigenvalue weighted by atomic mass is 19.1. The lowest BCUT2D eigenvalue weighted by atomic mass is 10.0. The Morgan fingerprint density at radius 3 is 2.89 bits per heavy atom. The zero-order valence-corrected chi connectivity index (χ0v) is 9.91. The predicted molar refractivity (Wildman–Crippen MR) is 64.7 cm³/mol. The van der Waals surface area contributed by atoms with Crippen LogP contribution < -0.4 is 10.6 Å². The van der Waals surface area contributed by atoms with E-state index in [1.54, 1.807) is 6.07 Å². The van der Waals surface area contributed by atoms with Crippen LogP contribution in [0.1, 0.15) is 24.4 Å². The molecule has 1 fully saturated rings. The molecule has 2 heterocycles. The van der Waals surface area contributed by atoms with E-state index in [0.717, 1.165) is 31.6 Å². The number of carbonyl (C=O) groups is 1. The Kier molecular flexibility index (Phi) is 3.01. The fourth-order valence-corrected chi connectivity index (χ4v) is 2.50. The largest absolute Gasteiger partial charge is 0.381 e. The van der Waals surface area contributed by atoms with E-state index in [2.05, 4.69) is 10.6 Å². The standard InChI is InChI=1S/C13H15FN2O2/c14-8-1-2-10-11(7-8)16-13(17)12(10)15-9-3-5-18-6-4-9/h1-2,7,9,12,15H,3-6H2,(H,16,17). The lowest BCUT2D eigenvalue weighted by Crippen LogP contribution is -2.39. The van der Waals surface area contributed by atoms with Crippen molar-refractivity contribution in [1.82, 2.24) is 5.32 Å². The average Bonchev–Trinajstić information content (AvgIpc) is 2.66. The maximum absolute atomic E-state index is 13.1. The van der Waals surface area contributed by atoms with Gasteiger partial charge in [-0.3, -0.25) is 10.1 Å². The number of rotatable bonds is 2. The first-order valence-electron chi connectivity index (χ1n) is 6.18. The molecule has 96 valence electrons. The van der Waals surface area contributed by atoms with Crippen LogP contribution in [0.25, 0.3) is 0 Å². The maximum Gasteiger partial charge on any atom is 0.246 e. The molecule has 1 saturated heterocycles. The quantitative estimate of drug-likeness (QED) is 0.838. The molecule has 2 N–H and O–H groups in total. The number of anilines is 1. The average molecular weight is 250 g/mol. The minimum absolute atomic E-state index is 0.109. The molecular weight excluding hydrogens is 235 g/mol. The third-order valence-electron chi connectivity index (χ3n) is 3.47. The molecule has 5 heteroatoms. The Morgan fingerprint density at radius 1 is 1.33 bits per heavy atom. The van der Waals surface area contributed by atoms with Crippen molar-refractivity contribution in [1.29, 1.82) is 0 Å². The normalized spacial score (nSPS) is 23.8. The molecule has 1 amide bonds. The Balaban J connectivity index is 1.78. The van der Waals surface area contributed by atoms with Crippen LogP contribution in [0, 0.1) is 5.82 Å². The van der Waals surface area contributed by atoms with Crippen LogP contribution in [0.5, 0.6) is 0 Å². The van der Waals surface area contributed by atoms with Crippen molar-refractivity contribution >= 4 is 11.6 Å². The number of hydrogen-bond donors (Lipinski definition) is 2. The second kappa shape index (κ2) is 4.66. The van der Waals surface area contributed by atoms with Crippen LogP contribution in [-0.2, 0) is 9.53 Å². The first-order chi connectivity index (χ1) is 8.74. The van der Waals surface area contributed by atoms with Crippen molar-refractivity contribution in [2.75, 3.05) is 18.5 Å². The molecule has 0 bridgehead atoms. The van der Waals surface area contributed by atoms with Crippen molar-refractivity contribution in [2.24, 2.45) is 0 Å². The monoisotopic (exact) mass is 250 g/mol. The second-order valence-electron chi connectivity index (χ2n) is 4.71. The summed E-state index contributed by atoms with van der Waals surface area (Å²) in [5, 5.41) is 6.03. The van der Waals surface area contributed by atoms with Gasteiger partial charge in [-0.15, -0.1) is 0 Å². The van der Waals surface area contributed by atoms with Gasteiger partial charge in [0.15, 0.2) is 0 Å². The highest BCUT2D eigenvalue weighted by Crippen LogP contribution is 2.32. The van der Waals surface area contributed by atoms with Gasteiger partial charge in [0.2, 0.25) is 5.91 Å². The molecule has 0 aromatic heterocycles. The molecule has 1 aromatic carbocycles. The van der Waals surface area contributed by atoms with Crippen molar-refractivity contribution in [3.8, 4) is 0 Å². The molecular formula is C13H15FN2O2. The number of benzene rings is 1. The third-order valence-corrected chi connectivity index (χ3v) is 3.47. The van der Waals surface area contributed by atoms with Gasteiger partial charge in [-0.25, -0.2) is 4.39 Å². The van der Waals surface area contributed by atoms with Gasteiger partial charge in [0.1, 0.15) is 11.9 Å². The van der Waals surface area contributed by atoms with Gasteiger partial charge in [0, 0.05) is 30.5 Å². The van der Waals surface area contributed by atoms with Gasteiger partial charge in [-0.1, -0.05) is 6.07 Å². The fourth-order valence-electron chi connectivity index (χ4n) is 2.50. The second-order valence-corrected chi connectivity index (χ2v) is 4.71. The molecule has 3 rings (SSSR count). The van der Waals surface area contributed by atoms with Gasteiger partial charge >= 0.3 is 0 Å². The van der Waals surface area contributed by atoms with Gasteiger partial charge in [0.25, 0.3) is 0 Å². The summed E-state index contributed by atoms with van der Waals surface area (Å²) in [5.41, 5.74) is 1.40. The van der Waals surface area contributed by atoms with E-state index in [0.29, 0.717) is 5.69 Å². The number of fused-ring (bicyclic) bond motifs is 1. The zero-order chi connectivity index (χ0) is 12.5. The third kappa shape index (κ3) is 2.11. The summed E-state index contributed by atoms with van der Waals surface area (Å²) >= 11 is 0. The van der Waals surface area contributed by atoms with Gasteiger partial charge in [0.05, 0.1) is 0 Å². The smallest absolute Gasteiger partial charge is 0.246 e. The van der Waals surface area contributed by atoms with Crippen LogP contribution >= 0.6 is 0 Å². The molecule has 0 aliphatic carbocycles. The minimum Gasteiger partial charge on any atom is -0.381 e. The molecule has 1 aromatic rings. The molecule has 0 radical (unpaired) electrons. The van der Waals surface area contributed by atoms with E-state index in [4.69, 9.17) is 4.74 Å². The molecule has 2 aliphatic rings. The number of nitrogens with one attached hydrogen (secondary N) is 2. The highest BCUT2D eigenvalue weighted by Gasteiger charge is 2.32. The van der Waals surface area contributed by atoms with Crippen molar-refractivity contribution in [3.63, 3.8) is 0 Å². The number of halogens is 1. The van der Waals surface area contributed by atoms with E-state index in [-0.39, 0.29) is 23.8 Å². The topological polar surface area (TPSA) is 50.4 Å². The van der Waals surface area contributed by atoms with Crippen LogP contribution in [0.4, 0.5) is 10.1 Å². The maximum atomic E-state index is 13.1. The summed E-state index contributed by atoms with van der Waals surface area (Å²) in [6, 6.07) is 4.32. The van der Waals surface area contributed by atoms with Crippen molar-refractivity contribution < 1.29 is 13.9 Å². The van der Waals surface area contributed by atoms with Gasteiger partial charge in [-0.05, 0) is 25.0 Å². The molecule has 0 saturated carbocycles. The summed E-state index contributed by atoms with van der Waals surface area (Å²) < 4.78 is 18.4. The minimum atomic E-state index is -0.372. The summed E-state index contributed by atoms with van der Waals surface area (Å²) in [7, 11) is 0. The molecule has 2 aliphatic heterocycles. The fraction of sp³-hybridized carbons (Fsp3) is 0.462. The van der Waals surface area contributed by atoms with Crippen LogP contribution in [0.15, 0.2) is 18.2 Å². The molecule has 1 atom stereocenters. The summed E-state index contributed by atoms with van der Waals surface area (Å²) in [5.74, 6) is -0.442. The highest BCUT2D eigenvalue weighted by molar-refractivity contribution is 6.02. The van der Waals surface area contributed by atoms with Crippen LogP contribution in [-0.4, -0.2) is 25.2 Å². The molecule has 1 unspecified atom stereocenters. The number of hydrogen-bond acceptors (Lipinski definition) is 3. The van der Waals surface area contributed by atoms with Crippen LogP contribution in [0.3, 0.4) is 0 Å². The molecule has 18 heavy (non-hydrogen) atoms. The van der Waals surface area contributed by atoms with E-state index in [1.165, 1.54) is 12.1 Å². The lowest BCUT2D eigenvalue weighted by molar-refractivity contribution is -0.118. The Morgan fingerprint density at radius 2 is 2.11 bits per heavy atom. The number of ether oxygens (including phenoxy) is 1. The number of amides is 1. The van der Waals surface area contributed by atoms with Gasteiger partial charge < -0.3 is 10.1 Å². The predicted octanol–water partition coefficient (Wildman–Crippen LogP) is 1.59. The molecule has 0 spiro atoms. The first kappa shape index (κ1) is 11.6. The number of carbonyl (C=O) groups excluding carboxylic acids is 1. The zero-order valence-electron chi connectivity index (χ0n) is 9.91. The Hall–Kier alpha value is -1.46. The van der Waals surface area contributed by atoms with Crippen molar-refractivity contribution in [2.45, 2.75) is 24.9 Å². The van der Waals surface area contributed by atoms with E-state index >= 15 is 0 Å².